The van der Waals surface area contributed by atoms with Crippen molar-refractivity contribution in [2.24, 2.45) is 0 Å². The predicted octanol–water partition coefficient (Wildman–Crippen LogP) is 4.40. The number of para-hydroxylation sites is 1. The molecule has 1 fully saturated rings. The first-order chi connectivity index (χ1) is 17.0. The van der Waals surface area contributed by atoms with Crippen molar-refractivity contribution in [3.05, 3.63) is 71.4 Å². The zero-order valence-electron chi connectivity index (χ0n) is 20.6. The van der Waals surface area contributed by atoms with Gasteiger partial charge in [-0.15, -0.1) is 0 Å². The summed E-state index contributed by atoms with van der Waals surface area (Å²) in [5.74, 6) is -0.0981. The zero-order valence-corrected chi connectivity index (χ0v) is 20.6. The first-order valence-electron chi connectivity index (χ1n) is 12.2. The first kappa shape index (κ1) is 24.3. The molecule has 0 spiro atoms. The lowest BCUT2D eigenvalue weighted by Gasteiger charge is -2.38. The second kappa shape index (κ2) is 11.1. The van der Waals surface area contributed by atoms with Crippen molar-refractivity contribution in [3.8, 4) is 0 Å². The van der Waals surface area contributed by atoms with Crippen molar-refractivity contribution >= 4 is 28.9 Å². The molecule has 2 N–H and O–H groups in total. The fourth-order valence-corrected chi connectivity index (χ4v) is 4.29. The highest BCUT2D eigenvalue weighted by Gasteiger charge is 2.23. The summed E-state index contributed by atoms with van der Waals surface area (Å²) in [6, 6.07) is 13.9. The number of oxazole rings is 1. The van der Waals surface area contributed by atoms with E-state index in [9.17, 15) is 9.59 Å². The van der Waals surface area contributed by atoms with Gasteiger partial charge in [-0.05, 0) is 43.2 Å². The van der Waals surface area contributed by atoms with Gasteiger partial charge >= 0.3 is 0 Å². The Morgan fingerprint density at radius 1 is 0.971 bits per heavy atom. The summed E-state index contributed by atoms with van der Waals surface area (Å²) in [7, 11) is 0. The summed E-state index contributed by atoms with van der Waals surface area (Å²) in [5, 5.41) is 5.90. The summed E-state index contributed by atoms with van der Waals surface area (Å²) in [6.45, 7) is 9.84. The smallest absolute Gasteiger partial charge is 0.277 e. The van der Waals surface area contributed by atoms with Gasteiger partial charge in [-0.25, -0.2) is 4.98 Å². The Kier molecular flexibility index (Phi) is 7.70. The summed E-state index contributed by atoms with van der Waals surface area (Å²) in [6.07, 6.45) is 3.27. The summed E-state index contributed by atoms with van der Waals surface area (Å²) in [4.78, 5) is 34.3. The molecule has 1 aromatic heterocycles. The molecular weight excluding hydrogens is 442 g/mol. The highest BCUT2D eigenvalue weighted by atomic mass is 16.3. The minimum atomic E-state index is -0.370. The maximum Gasteiger partial charge on any atom is 0.277 e. The van der Waals surface area contributed by atoms with Crippen LogP contribution in [0.2, 0.25) is 0 Å². The summed E-state index contributed by atoms with van der Waals surface area (Å²) >= 11 is 0. The number of hydrogen-bond acceptors (Lipinski definition) is 6. The van der Waals surface area contributed by atoms with Gasteiger partial charge in [-0.1, -0.05) is 31.5 Å². The molecule has 0 radical (unpaired) electrons. The fraction of sp³-hybridized carbons (Fsp3) is 0.370. The molecule has 3 aromatic rings. The molecule has 0 atom stereocenters. The van der Waals surface area contributed by atoms with Crippen molar-refractivity contribution in [2.45, 2.75) is 33.6 Å². The van der Waals surface area contributed by atoms with E-state index in [4.69, 9.17) is 4.42 Å². The second-order valence-electron chi connectivity index (χ2n) is 8.81. The Balaban J connectivity index is 1.55. The number of rotatable bonds is 8. The minimum Gasteiger partial charge on any atom is -0.448 e. The van der Waals surface area contributed by atoms with Crippen LogP contribution in [-0.2, 0) is 0 Å². The maximum absolute atomic E-state index is 12.9. The highest BCUT2D eigenvalue weighted by molar-refractivity contribution is 6.06. The van der Waals surface area contributed by atoms with Gasteiger partial charge in [0.05, 0.1) is 11.4 Å². The number of aromatic nitrogens is 1. The van der Waals surface area contributed by atoms with Gasteiger partial charge in [0.25, 0.3) is 11.8 Å². The van der Waals surface area contributed by atoms with E-state index in [-0.39, 0.29) is 17.5 Å². The van der Waals surface area contributed by atoms with Gasteiger partial charge in [0.15, 0.2) is 11.6 Å². The number of unbranched alkanes of at least 4 members (excludes halogenated alkanes) is 1. The van der Waals surface area contributed by atoms with Crippen molar-refractivity contribution in [2.75, 3.05) is 47.8 Å². The van der Waals surface area contributed by atoms with Crippen LogP contribution < -0.4 is 20.4 Å². The average Bonchev–Trinajstić information content (AvgIpc) is 3.31. The van der Waals surface area contributed by atoms with E-state index in [0.717, 1.165) is 44.7 Å². The third-order valence-corrected chi connectivity index (χ3v) is 6.25. The topological polar surface area (TPSA) is 90.7 Å². The molecule has 2 amide bonds. The van der Waals surface area contributed by atoms with Crippen LogP contribution in [0, 0.1) is 13.8 Å². The Bertz CT molecular complexity index is 1180. The summed E-state index contributed by atoms with van der Waals surface area (Å²) in [5.41, 5.74) is 4.69. The van der Waals surface area contributed by atoms with E-state index >= 15 is 0 Å². The molecule has 8 nitrogen and oxygen atoms in total. The first-order valence-corrected chi connectivity index (χ1v) is 12.2. The lowest BCUT2D eigenvalue weighted by molar-refractivity contribution is 0.0951. The van der Waals surface area contributed by atoms with Crippen LogP contribution in [0.4, 0.5) is 17.1 Å². The molecular formula is C27H33N5O3. The number of nitrogens with one attached hydrogen (secondary N) is 2. The van der Waals surface area contributed by atoms with Gasteiger partial charge in [0.2, 0.25) is 0 Å². The van der Waals surface area contributed by atoms with Crippen LogP contribution in [-0.4, -0.2) is 49.5 Å². The van der Waals surface area contributed by atoms with Gasteiger partial charge in [-0.3, -0.25) is 9.59 Å². The Morgan fingerprint density at radius 3 is 2.34 bits per heavy atom. The molecule has 1 aliphatic heterocycles. The average molecular weight is 476 g/mol. The Labute approximate surface area is 206 Å². The number of anilines is 3. The third kappa shape index (κ3) is 5.82. The standard InChI is InChI=1S/C27H33N5O3/c1-4-5-12-28-26(33)21-10-11-25(22(17-21)30-27(34)23-18-35-20(3)29-23)32-15-13-31(14-16-32)24-9-7-6-8-19(24)2/h6-11,17-18H,4-5,12-16H2,1-3H3,(H,28,33)(H,30,34). The molecule has 8 heteroatoms. The second-order valence-corrected chi connectivity index (χ2v) is 8.81. The quantitative estimate of drug-likeness (QED) is 0.470. The lowest BCUT2D eigenvalue weighted by atomic mass is 10.1. The van der Waals surface area contributed by atoms with Crippen LogP contribution in [0.1, 0.15) is 52.1 Å². The Morgan fingerprint density at radius 2 is 1.69 bits per heavy atom. The van der Waals surface area contributed by atoms with E-state index < -0.39 is 0 Å². The number of amides is 2. The third-order valence-electron chi connectivity index (χ3n) is 6.25. The number of carbonyl (C=O) groups is 2. The lowest BCUT2D eigenvalue weighted by Crippen LogP contribution is -2.47. The molecule has 2 heterocycles. The van der Waals surface area contributed by atoms with Crippen molar-refractivity contribution in [1.82, 2.24) is 10.3 Å². The van der Waals surface area contributed by atoms with Crippen LogP contribution >= 0.6 is 0 Å². The number of carbonyl (C=O) groups excluding carboxylic acids is 2. The van der Waals surface area contributed by atoms with Gasteiger partial charge in [-0.2, -0.15) is 0 Å². The number of aryl methyl sites for hydroxylation is 2. The van der Waals surface area contributed by atoms with E-state index in [0.29, 0.717) is 23.7 Å². The van der Waals surface area contributed by atoms with Crippen LogP contribution in [0.25, 0.3) is 0 Å². The van der Waals surface area contributed by atoms with Crippen molar-refractivity contribution < 1.29 is 14.0 Å². The SMILES string of the molecule is CCCCNC(=O)c1ccc(N2CCN(c3ccccc3C)CC2)c(NC(=O)c2coc(C)n2)c1. The van der Waals surface area contributed by atoms with Gasteiger partial charge in [0, 0.05) is 50.9 Å². The number of piperazine rings is 1. The van der Waals surface area contributed by atoms with Gasteiger partial charge < -0.3 is 24.9 Å². The predicted molar refractivity (Wildman–Crippen MR) is 138 cm³/mol. The minimum absolute atomic E-state index is 0.151. The molecule has 0 aliphatic carbocycles. The van der Waals surface area contributed by atoms with Crippen LogP contribution in [0.15, 0.2) is 53.1 Å². The molecule has 1 saturated heterocycles. The van der Waals surface area contributed by atoms with Crippen molar-refractivity contribution in [3.63, 3.8) is 0 Å². The van der Waals surface area contributed by atoms with E-state index in [1.807, 2.05) is 12.1 Å². The zero-order chi connectivity index (χ0) is 24.8. The normalized spacial score (nSPS) is 13.6. The highest BCUT2D eigenvalue weighted by Crippen LogP contribution is 2.30. The molecule has 0 saturated carbocycles. The molecule has 0 unspecified atom stereocenters. The monoisotopic (exact) mass is 475 g/mol. The number of nitrogens with zero attached hydrogens (tertiary/aromatic N) is 3. The van der Waals surface area contributed by atoms with Crippen LogP contribution in [0.5, 0.6) is 0 Å². The molecule has 0 bridgehead atoms. The maximum atomic E-state index is 12.9. The van der Waals surface area contributed by atoms with E-state index in [1.165, 1.54) is 17.5 Å². The molecule has 184 valence electrons. The fourth-order valence-electron chi connectivity index (χ4n) is 4.29. The van der Waals surface area contributed by atoms with E-state index in [1.54, 1.807) is 13.0 Å². The van der Waals surface area contributed by atoms with Crippen LogP contribution in [0.3, 0.4) is 0 Å². The Hall–Kier alpha value is -3.81. The van der Waals surface area contributed by atoms with Gasteiger partial charge in [0.1, 0.15) is 6.26 Å². The largest absolute Gasteiger partial charge is 0.448 e. The molecule has 4 rings (SSSR count). The molecule has 2 aromatic carbocycles. The molecule has 35 heavy (non-hydrogen) atoms. The van der Waals surface area contributed by atoms with Crippen molar-refractivity contribution in [1.29, 1.82) is 0 Å². The van der Waals surface area contributed by atoms with E-state index in [2.05, 4.69) is 63.5 Å². The summed E-state index contributed by atoms with van der Waals surface area (Å²) < 4.78 is 5.20. The molecule has 1 aliphatic rings. The number of hydrogen-bond donors (Lipinski definition) is 2. The number of benzene rings is 2.